The number of anilines is 6. The minimum absolute atomic E-state index is 0.882. The fourth-order valence-corrected chi connectivity index (χ4v) is 19.8. The first-order valence-electron chi connectivity index (χ1n) is 35.0. The second-order valence-corrected chi connectivity index (χ2v) is 31.0. The Bertz CT molecular complexity index is 6620. The maximum Gasteiger partial charge on any atom is 0.135 e. The van der Waals surface area contributed by atoms with E-state index in [4.69, 9.17) is 8.83 Å². The second-order valence-electron chi connectivity index (χ2n) is 26.7. The molecule has 0 N–H and O–H groups in total. The van der Waals surface area contributed by atoms with E-state index in [2.05, 4.69) is 337 Å². The third-order valence-corrected chi connectivity index (χ3v) is 25.2. The Kier molecular flexibility index (Phi) is 14.3. The van der Waals surface area contributed by atoms with Crippen LogP contribution in [0.15, 0.2) is 361 Å². The summed E-state index contributed by atoms with van der Waals surface area (Å²) in [5.74, 6) is 0. The molecule has 104 heavy (non-hydrogen) atoms. The predicted molar refractivity (Wildman–Crippen MR) is 450 cm³/mol. The molecule has 6 heterocycles. The summed E-state index contributed by atoms with van der Waals surface area (Å²) in [4.78, 5) is 4.69. The Balaban J connectivity index is 0.000000138. The molecular formula is C96H58N2O2S4. The van der Waals surface area contributed by atoms with Crippen LogP contribution in [-0.2, 0) is 0 Å². The Hall–Kier alpha value is -12.4. The SMILES string of the molecule is c1ccc2c(c1)oc1ccc(N(c3ccc(-c4ccc5sc6ccccc6c5c4)cc3)c3ccc4oc5ccccc5c4c3)cc12.c1ccc2c(c1)sc1ccc(-c3ccc(N(c4ccc(-c5ccc6sc7ccccc7c6c5)cc4)c4ccc(-c5ccc6sc7ccccc7c6c5)cc4)cc3)cc12. The van der Waals surface area contributed by atoms with Gasteiger partial charge >= 0.3 is 0 Å². The lowest BCUT2D eigenvalue weighted by Gasteiger charge is -2.26. The van der Waals surface area contributed by atoms with Crippen LogP contribution in [0.25, 0.3) is 169 Å². The number of furan rings is 2. The van der Waals surface area contributed by atoms with Gasteiger partial charge in [-0.15, -0.1) is 45.3 Å². The van der Waals surface area contributed by atoms with Crippen molar-refractivity contribution in [3.63, 3.8) is 0 Å². The van der Waals surface area contributed by atoms with Crippen LogP contribution < -0.4 is 9.80 Å². The number of nitrogens with zero attached hydrogens (tertiary/aromatic N) is 2. The average Bonchev–Trinajstić information content (AvgIpc) is 1.59. The highest BCUT2D eigenvalue weighted by Crippen LogP contribution is 2.46. The third kappa shape index (κ3) is 10.4. The van der Waals surface area contributed by atoms with Crippen LogP contribution in [0.3, 0.4) is 0 Å². The number of hydrogen-bond donors (Lipinski definition) is 0. The summed E-state index contributed by atoms with van der Waals surface area (Å²) in [5, 5.41) is 15.0. The molecule has 22 rings (SSSR count). The quantitative estimate of drug-likeness (QED) is 0.137. The molecule has 0 bridgehead atoms. The fraction of sp³-hybridized carbons (Fsp3) is 0. The standard InChI is InChI=1S/C54H33NS3.C42H25NO2S/c1-4-10-49-43(7-1)46-31-37(19-28-52(46)56-49)34-13-22-40(23-14-34)55(41-24-15-35(16-25-41)38-20-29-53-47(32-38)44-8-2-5-11-50(44)57-53)42-26-17-36(18-27-42)39-21-30-54-48(33-39)45-9-3-6-12-51(45)58-54;1-4-10-37-31(7-1)34-24-29(18-20-39(34)44-37)43(30-19-21-40-35(25-30)32-8-2-5-11-38(32)45-40)28-16-13-26(14-17-28)27-15-22-42-36(23-27)33-9-3-6-12-41(33)46-42/h1-33H;1-25H. The van der Waals surface area contributed by atoms with Crippen molar-refractivity contribution in [1.29, 1.82) is 0 Å². The summed E-state index contributed by atoms with van der Waals surface area (Å²) in [7, 11) is 0. The first kappa shape index (κ1) is 60.4. The number of benzene rings is 16. The minimum Gasteiger partial charge on any atom is -0.456 e. The molecule has 0 aliphatic rings. The molecular weight excluding hydrogens is 1340 g/mol. The Labute approximate surface area is 614 Å². The van der Waals surface area contributed by atoms with Crippen molar-refractivity contribution < 1.29 is 8.83 Å². The molecule has 0 amide bonds. The number of para-hydroxylation sites is 2. The average molecular weight is 1400 g/mol. The van der Waals surface area contributed by atoms with E-state index < -0.39 is 0 Å². The van der Waals surface area contributed by atoms with E-state index in [1.807, 2.05) is 69.6 Å². The van der Waals surface area contributed by atoms with Gasteiger partial charge in [-0.05, 0) is 214 Å². The van der Waals surface area contributed by atoms with Crippen LogP contribution in [0.2, 0.25) is 0 Å². The lowest BCUT2D eigenvalue weighted by molar-refractivity contribution is 0.668. The van der Waals surface area contributed by atoms with Crippen molar-refractivity contribution in [1.82, 2.24) is 0 Å². The first-order chi connectivity index (χ1) is 51.5. The molecule has 0 saturated carbocycles. The van der Waals surface area contributed by atoms with Gasteiger partial charge in [-0.2, -0.15) is 0 Å². The van der Waals surface area contributed by atoms with Gasteiger partial charge in [0.15, 0.2) is 0 Å². The molecule has 0 unspecified atom stereocenters. The van der Waals surface area contributed by atoms with Gasteiger partial charge in [-0.3, -0.25) is 0 Å². The summed E-state index contributed by atoms with van der Waals surface area (Å²) in [6.07, 6.45) is 0. The maximum absolute atomic E-state index is 6.18. The predicted octanol–water partition coefficient (Wildman–Crippen LogP) is 30.3. The molecule has 0 aliphatic carbocycles. The molecule has 0 fully saturated rings. The summed E-state index contributed by atoms with van der Waals surface area (Å²) >= 11 is 7.44. The van der Waals surface area contributed by atoms with E-state index in [0.717, 1.165) is 78.0 Å². The van der Waals surface area contributed by atoms with E-state index >= 15 is 0 Å². The van der Waals surface area contributed by atoms with E-state index in [-0.39, 0.29) is 0 Å². The van der Waals surface area contributed by atoms with Crippen LogP contribution in [0.1, 0.15) is 0 Å². The highest BCUT2D eigenvalue weighted by atomic mass is 32.1. The number of fused-ring (bicyclic) bond motifs is 18. The van der Waals surface area contributed by atoms with Crippen LogP contribution in [0, 0.1) is 0 Å². The van der Waals surface area contributed by atoms with Gasteiger partial charge in [-0.25, -0.2) is 0 Å². The van der Waals surface area contributed by atoms with Gasteiger partial charge < -0.3 is 18.6 Å². The zero-order chi connectivity index (χ0) is 68.3. The van der Waals surface area contributed by atoms with Gasteiger partial charge in [0.25, 0.3) is 0 Å². The van der Waals surface area contributed by atoms with Gasteiger partial charge in [0.1, 0.15) is 22.3 Å². The molecule has 0 radical (unpaired) electrons. The number of hydrogen-bond acceptors (Lipinski definition) is 8. The van der Waals surface area contributed by atoms with Crippen molar-refractivity contribution in [2.45, 2.75) is 0 Å². The minimum atomic E-state index is 0.882. The van der Waals surface area contributed by atoms with Crippen LogP contribution in [0.4, 0.5) is 34.1 Å². The van der Waals surface area contributed by atoms with E-state index in [1.54, 1.807) is 0 Å². The molecule has 0 atom stereocenters. The maximum atomic E-state index is 6.18. The molecule has 4 nitrogen and oxygen atoms in total. The third-order valence-electron chi connectivity index (χ3n) is 20.6. The zero-order valence-corrected chi connectivity index (χ0v) is 59.1. The van der Waals surface area contributed by atoms with Gasteiger partial charge in [-0.1, -0.05) is 182 Å². The molecule has 6 aromatic heterocycles. The van der Waals surface area contributed by atoms with Crippen molar-refractivity contribution in [2.75, 3.05) is 9.80 Å². The van der Waals surface area contributed by atoms with Crippen LogP contribution >= 0.6 is 45.3 Å². The summed E-state index contributed by atoms with van der Waals surface area (Å²) in [5.41, 5.74) is 19.8. The van der Waals surface area contributed by atoms with Crippen molar-refractivity contribution in [3.05, 3.63) is 352 Å². The van der Waals surface area contributed by atoms with Crippen molar-refractivity contribution in [2.24, 2.45) is 0 Å². The monoisotopic (exact) mass is 1400 g/mol. The summed E-state index contributed by atoms with van der Waals surface area (Å²) in [6, 6.07) is 128. The van der Waals surface area contributed by atoms with Crippen molar-refractivity contribution >= 4 is 204 Å². The van der Waals surface area contributed by atoms with E-state index in [1.165, 1.54) is 125 Å². The number of thiophene rings is 4. The highest BCUT2D eigenvalue weighted by Gasteiger charge is 2.21. The Morgan fingerprint density at radius 2 is 0.375 bits per heavy atom. The summed E-state index contributed by atoms with van der Waals surface area (Å²) in [6.45, 7) is 0. The Morgan fingerprint density at radius 1 is 0.154 bits per heavy atom. The lowest BCUT2D eigenvalue weighted by atomic mass is 10.0. The van der Waals surface area contributed by atoms with E-state index in [0.29, 0.717) is 0 Å². The topological polar surface area (TPSA) is 32.8 Å². The molecule has 8 heteroatoms. The molecule has 16 aromatic carbocycles. The zero-order valence-electron chi connectivity index (χ0n) is 55.8. The normalized spacial score (nSPS) is 11.8. The highest BCUT2D eigenvalue weighted by molar-refractivity contribution is 7.27. The van der Waals surface area contributed by atoms with Crippen LogP contribution in [0.5, 0.6) is 0 Å². The van der Waals surface area contributed by atoms with Crippen LogP contribution in [-0.4, -0.2) is 0 Å². The number of rotatable bonds is 10. The largest absolute Gasteiger partial charge is 0.456 e. The van der Waals surface area contributed by atoms with Gasteiger partial charge in [0.2, 0.25) is 0 Å². The Morgan fingerprint density at radius 3 is 0.673 bits per heavy atom. The lowest BCUT2D eigenvalue weighted by Crippen LogP contribution is -2.09. The van der Waals surface area contributed by atoms with Gasteiger partial charge in [0.05, 0.1) is 0 Å². The van der Waals surface area contributed by atoms with Gasteiger partial charge in [0, 0.05) is 136 Å². The molecule has 0 spiro atoms. The molecule has 0 saturated heterocycles. The molecule has 488 valence electrons. The van der Waals surface area contributed by atoms with Crippen molar-refractivity contribution in [3.8, 4) is 44.5 Å². The summed E-state index contributed by atoms with van der Waals surface area (Å²) < 4.78 is 23.0. The second kappa shape index (κ2) is 24.7. The fourth-order valence-electron chi connectivity index (χ4n) is 15.4. The smallest absolute Gasteiger partial charge is 0.135 e. The first-order valence-corrected chi connectivity index (χ1v) is 38.2. The molecule has 0 aliphatic heterocycles. The molecule has 22 aromatic rings. The van der Waals surface area contributed by atoms with E-state index in [9.17, 15) is 0 Å².